The molecule has 2 aromatic carbocycles. The lowest BCUT2D eigenvalue weighted by atomic mass is 10.1. The Hall–Kier alpha value is -2.69. The fourth-order valence-corrected chi connectivity index (χ4v) is 2.33. The molecule has 0 fully saturated rings. The molecule has 0 saturated carbocycles. The first kappa shape index (κ1) is 13.3. The van der Waals surface area contributed by atoms with Crippen LogP contribution in [0.2, 0.25) is 0 Å². The minimum absolute atomic E-state index is 0.301. The minimum Gasteiger partial charge on any atom is -0.350 e. The van der Waals surface area contributed by atoms with Gasteiger partial charge in [0.2, 0.25) is 0 Å². The van der Waals surface area contributed by atoms with Gasteiger partial charge in [-0.3, -0.25) is 9.59 Å². The van der Waals surface area contributed by atoms with Crippen LogP contribution in [0.5, 0.6) is 0 Å². The maximum Gasteiger partial charge on any atom is 0.255 e. The summed E-state index contributed by atoms with van der Waals surface area (Å²) < 4.78 is 1.52. The number of rotatable bonds is 3. The highest BCUT2D eigenvalue weighted by Gasteiger charge is 2.24. The van der Waals surface area contributed by atoms with Gasteiger partial charge in [0.1, 0.15) is 11.4 Å². The van der Waals surface area contributed by atoms with Crippen molar-refractivity contribution in [2.45, 2.75) is 20.8 Å². The summed E-state index contributed by atoms with van der Waals surface area (Å²) in [5.74, 6) is 0. The summed E-state index contributed by atoms with van der Waals surface area (Å²) in [5, 5.41) is 7.29. The lowest BCUT2D eigenvalue weighted by Crippen LogP contribution is -2.38. The van der Waals surface area contributed by atoms with Crippen molar-refractivity contribution in [1.29, 1.82) is 0 Å². The van der Waals surface area contributed by atoms with Crippen LogP contribution in [0.1, 0.15) is 17.0 Å². The Morgan fingerprint density at radius 1 is 1.00 bits per heavy atom. The van der Waals surface area contributed by atoms with E-state index in [9.17, 15) is 9.59 Å². The maximum atomic E-state index is 11.9. The third-order valence-electron chi connectivity index (χ3n) is 3.43. The molecule has 0 amide bonds. The van der Waals surface area contributed by atoms with Gasteiger partial charge in [-0.15, -0.1) is 0 Å². The van der Waals surface area contributed by atoms with Gasteiger partial charge in [-0.05, 0) is 39.0 Å². The van der Waals surface area contributed by atoms with Crippen molar-refractivity contribution in [3.05, 3.63) is 67.7 Å². The van der Waals surface area contributed by atoms with Gasteiger partial charge in [0, 0.05) is 11.4 Å². The lowest BCUT2D eigenvalue weighted by molar-refractivity contribution is 0.820. The van der Waals surface area contributed by atoms with Crippen molar-refractivity contribution in [3.8, 4) is 5.69 Å². The molecule has 1 heterocycles. The van der Waals surface area contributed by atoms with Crippen LogP contribution in [0.25, 0.3) is 5.69 Å². The van der Waals surface area contributed by atoms with Crippen LogP contribution in [0.3, 0.4) is 0 Å². The van der Waals surface area contributed by atoms with Gasteiger partial charge in [0.15, 0.2) is 0 Å². The molecule has 0 radical (unpaired) electrons. The van der Waals surface area contributed by atoms with Gasteiger partial charge in [0.25, 0.3) is 10.9 Å². The largest absolute Gasteiger partial charge is 0.350 e. The zero-order chi connectivity index (χ0) is 15.1. The molecule has 0 bridgehead atoms. The number of hydrogen-bond acceptors (Lipinski definition) is 4. The number of nitrogens with zero attached hydrogens (tertiary/aromatic N) is 2. The van der Waals surface area contributed by atoms with E-state index in [0.29, 0.717) is 11.4 Å². The molecule has 1 N–H and O–H groups in total. The van der Waals surface area contributed by atoms with Crippen molar-refractivity contribution in [1.82, 2.24) is 9.78 Å². The first-order valence-corrected chi connectivity index (χ1v) is 6.68. The van der Waals surface area contributed by atoms with Gasteiger partial charge in [-0.25, -0.2) is 4.68 Å². The predicted molar refractivity (Wildman–Crippen MR) is 82.4 cm³/mol. The van der Waals surface area contributed by atoms with Crippen molar-refractivity contribution >= 4 is 11.4 Å². The molecular weight excluding hydrogens is 266 g/mol. The summed E-state index contributed by atoms with van der Waals surface area (Å²) in [6.45, 7) is 5.69. The Morgan fingerprint density at radius 2 is 1.67 bits per heavy atom. The molecule has 3 aromatic rings. The van der Waals surface area contributed by atoms with E-state index in [0.717, 1.165) is 22.6 Å². The van der Waals surface area contributed by atoms with E-state index in [-0.39, 0.29) is 0 Å². The van der Waals surface area contributed by atoms with E-state index in [1.54, 1.807) is 0 Å². The third-order valence-corrected chi connectivity index (χ3v) is 3.43. The fraction of sp³-hybridized carbons (Fsp3) is 0.188. The molecule has 5 nitrogen and oxygen atoms in total. The van der Waals surface area contributed by atoms with Crippen LogP contribution < -0.4 is 16.2 Å². The molecule has 0 aliphatic rings. The highest BCUT2D eigenvalue weighted by atomic mass is 16.2. The molecule has 1 aromatic heterocycles. The predicted octanol–water partition coefficient (Wildman–Crippen LogP) is 2.14. The fourth-order valence-electron chi connectivity index (χ4n) is 2.33. The van der Waals surface area contributed by atoms with Crippen molar-refractivity contribution < 1.29 is 0 Å². The monoisotopic (exact) mass is 281 g/mol. The molecule has 106 valence electrons. The first-order valence-electron chi connectivity index (χ1n) is 6.68. The summed E-state index contributed by atoms with van der Waals surface area (Å²) in [7, 11) is 0. The number of aryl methyl sites for hydroxylation is 3. The molecule has 0 atom stereocenters. The molecule has 0 aliphatic heterocycles. The van der Waals surface area contributed by atoms with Crippen LogP contribution in [-0.2, 0) is 0 Å². The molecule has 5 heteroatoms. The second-order valence-electron chi connectivity index (χ2n) is 5.21. The second kappa shape index (κ2) is 4.70. The van der Waals surface area contributed by atoms with E-state index in [4.69, 9.17) is 0 Å². The summed E-state index contributed by atoms with van der Waals surface area (Å²) in [6, 6.07) is 9.49. The van der Waals surface area contributed by atoms with Gasteiger partial charge in [-0.1, -0.05) is 17.7 Å². The molecule has 0 unspecified atom stereocenters. The molecular formula is C16H15N3O2. The van der Waals surface area contributed by atoms with Crippen molar-refractivity contribution in [2.75, 3.05) is 5.32 Å². The summed E-state index contributed by atoms with van der Waals surface area (Å²) >= 11 is 0. The van der Waals surface area contributed by atoms with E-state index in [1.165, 1.54) is 4.68 Å². The summed E-state index contributed by atoms with van der Waals surface area (Å²) in [5.41, 5.74) is 3.14. The summed E-state index contributed by atoms with van der Waals surface area (Å²) in [6.07, 6.45) is 0. The molecule has 0 saturated heterocycles. The Balaban J connectivity index is 2.03. The average molecular weight is 281 g/mol. The van der Waals surface area contributed by atoms with Crippen LogP contribution in [0.4, 0.5) is 11.4 Å². The van der Waals surface area contributed by atoms with Gasteiger partial charge < -0.3 is 5.32 Å². The average Bonchev–Trinajstić information content (AvgIpc) is 2.78. The van der Waals surface area contributed by atoms with Crippen LogP contribution in [-0.4, -0.2) is 9.78 Å². The second-order valence-corrected chi connectivity index (χ2v) is 5.21. The SMILES string of the molecule is Cc1ccc(Nc2c(-n3nc(C)cc3C)c(=O)c2=O)cc1. The van der Waals surface area contributed by atoms with Crippen LogP contribution in [0, 0.1) is 20.8 Å². The minimum atomic E-state index is -0.504. The topological polar surface area (TPSA) is 64.0 Å². The number of hydrogen-bond donors (Lipinski definition) is 1. The van der Waals surface area contributed by atoms with E-state index in [1.807, 2.05) is 51.1 Å². The van der Waals surface area contributed by atoms with Crippen molar-refractivity contribution in [3.63, 3.8) is 0 Å². The normalized spacial score (nSPS) is 11.0. The standard InChI is InChI=1S/C16H15N3O2/c1-9-4-6-12(7-5-9)17-13-14(16(21)15(13)20)19-11(3)8-10(2)18-19/h4-8,17H,1-3H3. The molecule has 0 aliphatic carbocycles. The zero-order valence-electron chi connectivity index (χ0n) is 12.1. The maximum absolute atomic E-state index is 11.9. The Kier molecular flexibility index (Phi) is 2.97. The lowest BCUT2D eigenvalue weighted by Gasteiger charge is -2.14. The van der Waals surface area contributed by atoms with E-state index < -0.39 is 10.9 Å². The Bertz CT molecular complexity index is 881. The molecule has 3 rings (SSSR count). The zero-order valence-corrected chi connectivity index (χ0v) is 12.1. The van der Waals surface area contributed by atoms with Crippen LogP contribution in [0.15, 0.2) is 39.9 Å². The van der Waals surface area contributed by atoms with Crippen molar-refractivity contribution in [2.24, 2.45) is 0 Å². The van der Waals surface area contributed by atoms with Gasteiger partial charge >= 0.3 is 0 Å². The quantitative estimate of drug-likeness (QED) is 0.747. The highest BCUT2D eigenvalue weighted by molar-refractivity contribution is 5.73. The highest BCUT2D eigenvalue weighted by Crippen LogP contribution is 2.21. The van der Waals surface area contributed by atoms with E-state index in [2.05, 4.69) is 10.4 Å². The smallest absolute Gasteiger partial charge is 0.255 e. The Labute approximate surface area is 121 Å². The third kappa shape index (κ3) is 2.16. The number of benzene rings is 1. The number of aromatic nitrogens is 2. The summed E-state index contributed by atoms with van der Waals surface area (Å²) in [4.78, 5) is 23.7. The first-order chi connectivity index (χ1) is 9.97. The molecule has 21 heavy (non-hydrogen) atoms. The van der Waals surface area contributed by atoms with Gasteiger partial charge in [-0.2, -0.15) is 5.10 Å². The number of anilines is 2. The van der Waals surface area contributed by atoms with Gasteiger partial charge in [0.05, 0.1) is 5.69 Å². The molecule has 0 spiro atoms. The van der Waals surface area contributed by atoms with E-state index >= 15 is 0 Å². The number of nitrogens with one attached hydrogen (secondary N) is 1. The Morgan fingerprint density at radius 3 is 2.24 bits per heavy atom. The van der Waals surface area contributed by atoms with Crippen LogP contribution >= 0.6 is 0 Å².